The molecule has 1 amide bonds. The summed E-state index contributed by atoms with van der Waals surface area (Å²) >= 11 is 3.06. The van der Waals surface area contributed by atoms with E-state index in [2.05, 4.69) is 27.0 Å². The van der Waals surface area contributed by atoms with Gasteiger partial charge in [-0.05, 0) is 30.0 Å². The van der Waals surface area contributed by atoms with Crippen LogP contribution in [0, 0.1) is 0 Å². The number of para-hydroxylation sites is 1. The third-order valence-electron chi connectivity index (χ3n) is 3.30. The van der Waals surface area contributed by atoms with Crippen molar-refractivity contribution >= 4 is 34.7 Å². The SMILES string of the molecule is CCCn1c(SCC(=O)Nc2ccccc2)nnc1-c1cccs1. The Hall–Kier alpha value is -2.12. The number of aromatic nitrogens is 3. The average Bonchev–Trinajstić information content (AvgIpc) is 3.24. The molecule has 0 radical (unpaired) electrons. The molecular weight excluding hydrogens is 340 g/mol. The van der Waals surface area contributed by atoms with E-state index in [4.69, 9.17) is 0 Å². The summed E-state index contributed by atoms with van der Waals surface area (Å²) in [6.07, 6.45) is 0.986. The highest BCUT2D eigenvalue weighted by molar-refractivity contribution is 7.99. The fourth-order valence-electron chi connectivity index (χ4n) is 2.26. The molecule has 7 heteroatoms. The Kier molecular flexibility index (Phi) is 5.66. The molecule has 0 saturated carbocycles. The van der Waals surface area contributed by atoms with Crippen LogP contribution in [0.4, 0.5) is 5.69 Å². The Bertz CT molecular complexity index is 784. The van der Waals surface area contributed by atoms with Crippen molar-refractivity contribution in [3.05, 3.63) is 47.8 Å². The Labute approximate surface area is 149 Å². The van der Waals surface area contributed by atoms with E-state index in [0.29, 0.717) is 5.75 Å². The van der Waals surface area contributed by atoms with Crippen LogP contribution in [-0.2, 0) is 11.3 Å². The van der Waals surface area contributed by atoms with Gasteiger partial charge in [-0.2, -0.15) is 0 Å². The first kappa shape index (κ1) is 16.7. The van der Waals surface area contributed by atoms with Gasteiger partial charge in [0.05, 0.1) is 10.6 Å². The summed E-state index contributed by atoms with van der Waals surface area (Å²) in [4.78, 5) is 13.2. The fraction of sp³-hybridized carbons (Fsp3) is 0.235. The van der Waals surface area contributed by atoms with Crippen LogP contribution in [0.1, 0.15) is 13.3 Å². The number of hydrogen-bond acceptors (Lipinski definition) is 5. The standard InChI is InChI=1S/C17H18N4OS2/c1-2-10-21-16(14-9-6-11-23-14)19-20-17(21)24-12-15(22)18-13-7-4-3-5-8-13/h3-9,11H,2,10,12H2,1H3,(H,18,22). The number of carbonyl (C=O) groups excluding carboxylic acids is 1. The summed E-state index contributed by atoms with van der Waals surface area (Å²) in [5, 5.41) is 14.3. The van der Waals surface area contributed by atoms with E-state index in [1.165, 1.54) is 11.8 Å². The number of rotatable bonds is 7. The lowest BCUT2D eigenvalue weighted by atomic mass is 10.3. The van der Waals surface area contributed by atoms with Gasteiger partial charge >= 0.3 is 0 Å². The molecule has 0 aliphatic carbocycles. The normalized spacial score (nSPS) is 10.7. The predicted molar refractivity (Wildman–Crippen MR) is 99.4 cm³/mol. The molecule has 0 saturated heterocycles. The van der Waals surface area contributed by atoms with Crippen molar-refractivity contribution in [3.8, 4) is 10.7 Å². The molecule has 0 unspecified atom stereocenters. The van der Waals surface area contributed by atoms with E-state index in [9.17, 15) is 4.79 Å². The second-order valence-corrected chi connectivity index (χ2v) is 7.03. The highest BCUT2D eigenvalue weighted by atomic mass is 32.2. The van der Waals surface area contributed by atoms with Gasteiger partial charge in [0.15, 0.2) is 11.0 Å². The van der Waals surface area contributed by atoms with Crippen molar-refractivity contribution in [2.24, 2.45) is 0 Å². The molecular formula is C17H18N4OS2. The lowest BCUT2D eigenvalue weighted by molar-refractivity contribution is -0.113. The summed E-state index contributed by atoms with van der Waals surface area (Å²) < 4.78 is 2.09. The molecule has 0 spiro atoms. The van der Waals surface area contributed by atoms with Gasteiger partial charge in [-0.3, -0.25) is 4.79 Å². The molecule has 3 rings (SSSR count). The highest BCUT2D eigenvalue weighted by Crippen LogP contribution is 2.27. The van der Waals surface area contributed by atoms with Crippen LogP contribution >= 0.6 is 23.1 Å². The molecule has 0 aliphatic heterocycles. The van der Waals surface area contributed by atoms with Gasteiger partial charge in [0.1, 0.15) is 0 Å². The van der Waals surface area contributed by atoms with Crippen molar-refractivity contribution < 1.29 is 4.79 Å². The summed E-state index contributed by atoms with van der Waals surface area (Å²) in [5.74, 6) is 1.13. The first-order valence-electron chi connectivity index (χ1n) is 7.72. The van der Waals surface area contributed by atoms with Gasteiger partial charge in [0, 0.05) is 12.2 Å². The third kappa shape index (κ3) is 4.04. The van der Waals surface area contributed by atoms with E-state index in [0.717, 1.165) is 34.5 Å². The van der Waals surface area contributed by atoms with E-state index in [1.54, 1.807) is 11.3 Å². The van der Waals surface area contributed by atoms with Crippen LogP contribution in [0.3, 0.4) is 0 Å². The maximum atomic E-state index is 12.1. The number of amides is 1. The quantitative estimate of drug-likeness (QED) is 0.645. The molecule has 0 atom stereocenters. The van der Waals surface area contributed by atoms with Crippen LogP contribution in [0.25, 0.3) is 10.7 Å². The zero-order valence-electron chi connectivity index (χ0n) is 13.3. The van der Waals surface area contributed by atoms with Gasteiger partial charge in [0.25, 0.3) is 0 Å². The highest BCUT2D eigenvalue weighted by Gasteiger charge is 2.15. The number of anilines is 1. The largest absolute Gasteiger partial charge is 0.325 e. The molecule has 0 bridgehead atoms. The van der Waals surface area contributed by atoms with Crippen molar-refractivity contribution in [1.82, 2.24) is 14.8 Å². The van der Waals surface area contributed by atoms with E-state index in [1.807, 2.05) is 47.8 Å². The summed E-state index contributed by atoms with van der Waals surface area (Å²) in [7, 11) is 0. The van der Waals surface area contributed by atoms with E-state index >= 15 is 0 Å². The Balaban J connectivity index is 1.67. The van der Waals surface area contributed by atoms with Gasteiger partial charge < -0.3 is 9.88 Å². The average molecular weight is 358 g/mol. The second kappa shape index (κ2) is 8.12. The molecule has 24 heavy (non-hydrogen) atoms. The van der Waals surface area contributed by atoms with Crippen LogP contribution < -0.4 is 5.32 Å². The molecule has 2 heterocycles. The summed E-state index contributed by atoms with van der Waals surface area (Å²) in [6.45, 7) is 2.96. The Morgan fingerprint density at radius 2 is 2.04 bits per heavy atom. The van der Waals surface area contributed by atoms with Crippen LogP contribution in [-0.4, -0.2) is 26.4 Å². The minimum Gasteiger partial charge on any atom is -0.325 e. The summed E-state index contributed by atoms with van der Waals surface area (Å²) in [6, 6.07) is 13.5. The number of thiophene rings is 1. The first-order chi connectivity index (χ1) is 11.8. The van der Waals surface area contributed by atoms with Crippen LogP contribution in [0.15, 0.2) is 53.0 Å². The third-order valence-corrected chi connectivity index (χ3v) is 5.13. The first-order valence-corrected chi connectivity index (χ1v) is 9.59. The molecule has 5 nitrogen and oxygen atoms in total. The smallest absolute Gasteiger partial charge is 0.234 e. The van der Waals surface area contributed by atoms with Crippen molar-refractivity contribution in [1.29, 1.82) is 0 Å². The second-order valence-electron chi connectivity index (χ2n) is 5.14. The van der Waals surface area contributed by atoms with Crippen molar-refractivity contribution in [3.63, 3.8) is 0 Å². The predicted octanol–water partition coefficient (Wildman–Crippen LogP) is 4.15. The molecule has 3 aromatic rings. The lowest BCUT2D eigenvalue weighted by Gasteiger charge is -2.08. The monoisotopic (exact) mass is 358 g/mol. The minimum absolute atomic E-state index is 0.0464. The molecule has 1 N–H and O–H groups in total. The zero-order chi connectivity index (χ0) is 16.8. The van der Waals surface area contributed by atoms with Crippen LogP contribution in [0.5, 0.6) is 0 Å². The fourth-order valence-corrected chi connectivity index (χ4v) is 3.74. The molecule has 0 aliphatic rings. The number of benzene rings is 1. The molecule has 124 valence electrons. The van der Waals surface area contributed by atoms with E-state index < -0.39 is 0 Å². The number of nitrogens with one attached hydrogen (secondary N) is 1. The molecule has 2 aromatic heterocycles. The van der Waals surface area contributed by atoms with Gasteiger partial charge in [-0.25, -0.2) is 0 Å². The van der Waals surface area contributed by atoms with E-state index in [-0.39, 0.29) is 5.91 Å². The topological polar surface area (TPSA) is 59.8 Å². The molecule has 0 fully saturated rings. The summed E-state index contributed by atoms with van der Waals surface area (Å²) in [5.41, 5.74) is 0.803. The zero-order valence-corrected chi connectivity index (χ0v) is 14.9. The Morgan fingerprint density at radius 3 is 2.75 bits per heavy atom. The number of carbonyl (C=O) groups is 1. The number of thioether (sulfide) groups is 1. The van der Waals surface area contributed by atoms with Crippen molar-refractivity contribution in [2.45, 2.75) is 25.0 Å². The number of nitrogens with zero attached hydrogens (tertiary/aromatic N) is 3. The lowest BCUT2D eigenvalue weighted by Crippen LogP contribution is -2.14. The minimum atomic E-state index is -0.0464. The van der Waals surface area contributed by atoms with Crippen LogP contribution in [0.2, 0.25) is 0 Å². The molecule has 1 aromatic carbocycles. The van der Waals surface area contributed by atoms with Gasteiger partial charge in [-0.15, -0.1) is 21.5 Å². The van der Waals surface area contributed by atoms with Gasteiger partial charge in [0.2, 0.25) is 5.91 Å². The maximum absolute atomic E-state index is 12.1. The van der Waals surface area contributed by atoms with Crippen molar-refractivity contribution in [2.75, 3.05) is 11.1 Å². The number of hydrogen-bond donors (Lipinski definition) is 1. The maximum Gasteiger partial charge on any atom is 0.234 e. The van der Waals surface area contributed by atoms with Gasteiger partial charge in [-0.1, -0.05) is 43.0 Å². The Morgan fingerprint density at radius 1 is 1.21 bits per heavy atom.